The van der Waals surface area contributed by atoms with Crippen molar-refractivity contribution in [1.82, 2.24) is 10.6 Å². The van der Waals surface area contributed by atoms with Crippen LogP contribution < -0.4 is 10.6 Å². The predicted molar refractivity (Wildman–Crippen MR) is 82.2 cm³/mol. The van der Waals surface area contributed by atoms with Gasteiger partial charge in [0, 0.05) is 25.8 Å². The highest BCUT2D eigenvalue weighted by atomic mass is 16.5. The zero-order chi connectivity index (χ0) is 15.9. The lowest BCUT2D eigenvalue weighted by molar-refractivity contribution is -0.127. The van der Waals surface area contributed by atoms with Gasteiger partial charge in [-0.3, -0.25) is 9.59 Å². The molecule has 6 heteroatoms. The number of ether oxygens (including phenoxy) is 2. The molecule has 2 rings (SSSR count). The van der Waals surface area contributed by atoms with Crippen molar-refractivity contribution >= 4 is 11.8 Å². The van der Waals surface area contributed by atoms with Crippen molar-refractivity contribution in [2.24, 2.45) is 17.8 Å². The summed E-state index contributed by atoms with van der Waals surface area (Å²) in [5, 5.41) is 6.03. The van der Waals surface area contributed by atoms with Gasteiger partial charge in [0.25, 0.3) is 0 Å². The van der Waals surface area contributed by atoms with Crippen LogP contribution in [0.15, 0.2) is 0 Å². The van der Waals surface area contributed by atoms with Gasteiger partial charge in [0.1, 0.15) is 0 Å². The average molecular weight is 312 g/mol. The lowest BCUT2D eigenvalue weighted by Crippen LogP contribution is -2.47. The van der Waals surface area contributed by atoms with Crippen LogP contribution >= 0.6 is 0 Å². The minimum atomic E-state index is -0.0476. The number of carbonyl (C=O) groups is 2. The van der Waals surface area contributed by atoms with Gasteiger partial charge in [0.2, 0.25) is 11.8 Å². The van der Waals surface area contributed by atoms with Gasteiger partial charge in [-0.15, -0.1) is 0 Å². The molecule has 0 aromatic heterocycles. The van der Waals surface area contributed by atoms with E-state index in [4.69, 9.17) is 9.47 Å². The van der Waals surface area contributed by atoms with Crippen molar-refractivity contribution in [2.75, 3.05) is 33.0 Å². The van der Waals surface area contributed by atoms with E-state index in [1.54, 1.807) is 0 Å². The lowest BCUT2D eigenvalue weighted by Gasteiger charge is -2.23. The van der Waals surface area contributed by atoms with Crippen LogP contribution in [-0.2, 0) is 19.1 Å². The Kier molecular flexibility index (Phi) is 6.64. The van der Waals surface area contributed by atoms with Crippen LogP contribution in [0.3, 0.4) is 0 Å². The topological polar surface area (TPSA) is 76.7 Å². The number of hydrogen-bond acceptors (Lipinski definition) is 4. The molecule has 2 N–H and O–H groups in total. The maximum absolute atomic E-state index is 12.2. The Labute approximate surface area is 132 Å². The van der Waals surface area contributed by atoms with Crippen molar-refractivity contribution in [2.45, 2.75) is 39.2 Å². The first-order chi connectivity index (χ1) is 10.6. The van der Waals surface area contributed by atoms with Crippen LogP contribution in [0.4, 0.5) is 0 Å². The van der Waals surface area contributed by atoms with Gasteiger partial charge in [0.05, 0.1) is 25.0 Å². The van der Waals surface area contributed by atoms with Crippen molar-refractivity contribution in [3.05, 3.63) is 0 Å². The maximum atomic E-state index is 12.2. The fraction of sp³-hybridized carbons (Fsp3) is 0.875. The van der Waals surface area contributed by atoms with E-state index < -0.39 is 0 Å². The molecule has 0 aromatic rings. The minimum Gasteiger partial charge on any atom is -0.381 e. The third-order valence-electron chi connectivity index (χ3n) is 4.23. The van der Waals surface area contributed by atoms with Gasteiger partial charge < -0.3 is 20.1 Å². The normalized spacial score (nSPS) is 26.1. The Hall–Kier alpha value is -1.14. The molecule has 2 amide bonds. The minimum absolute atomic E-state index is 0.0284. The molecule has 2 heterocycles. The molecule has 0 aliphatic carbocycles. The third-order valence-corrected chi connectivity index (χ3v) is 4.23. The van der Waals surface area contributed by atoms with E-state index in [0.29, 0.717) is 38.9 Å². The monoisotopic (exact) mass is 312 g/mol. The Bertz CT molecular complexity index is 374. The first-order valence-corrected chi connectivity index (χ1v) is 8.29. The van der Waals surface area contributed by atoms with Crippen molar-refractivity contribution < 1.29 is 19.1 Å². The molecule has 3 atom stereocenters. The molecule has 0 spiro atoms. The number of carbonyl (C=O) groups excluding carboxylic acids is 2. The molecule has 0 aromatic carbocycles. The van der Waals surface area contributed by atoms with E-state index in [9.17, 15) is 9.59 Å². The Balaban J connectivity index is 1.79. The summed E-state index contributed by atoms with van der Waals surface area (Å²) in [6.07, 6.45) is 2.42. The molecule has 22 heavy (non-hydrogen) atoms. The van der Waals surface area contributed by atoms with E-state index in [0.717, 1.165) is 19.3 Å². The molecule has 126 valence electrons. The van der Waals surface area contributed by atoms with Crippen LogP contribution in [0.25, 0.3) is 0 Å². The van der Waals surface area contributed by atoms with Gasteiger partial charge >= 0.3 is 0 Å². The van der Waals surface area contributed by atoms with Crippen LogP contribution in [-0.4, -0.2) is 50.8 Å². The summed E-state index contributed by atoms with van der Waals surface area (Å²) >= 11 is 0. The standard InChI is InChI=1S/C16H28N2O4/c1-11(2)7-14(18-16(20)13-4-6-22-10-13)8-17-15(19)12-3-5-21-9-12/h11-14H,3-10H2,1-2H3,(H,17,19)(H,18,20)/t12-,13+,14-/m1/s1. The first-order valence-electron chi connectivity index (χ1n) is 8.29. The van der Waals surface area contributed by atoms with E-state index in [1.165, 1.54) is 0 Å². The number of nitrogens with one attached hydrogen (secondary N) is 2. The Morgan fingerprint density at radius 2 is 1.64 bits per heavy atom. The highest BCUT2D eigenvalue weighted by Gasteiger charge is 2.27. The zero-order valence-electron chi connectivity index (χ0n) is 13.6. The van der Waals surface area contributed by atoms with Crippen molar-refractivity contribution in [3.8, 4) is 0 Å². The van der Waals surface area contributed by atoms with E-state index >= 15 is 0 Å². The highest BCUT2D eigenvalue weighted by Crippen LogP contribution is 2.14. The van der Waals surface area contributed by atoms with Crippen LogP contribution in [0, 0.1) is 17.8 Å². The zero-order valence-corrected chi connectivity index (χ0v) is 13.6. The van der Waals surface area contributed by atoms with Gasteiger partial charge in [0.15, 0.2) is 0 Å². The molecule has 0 bridgehead atoms. The molecule has 6 nitrogen and oxygen atoms in total. The van der Waals surface area contributed by atoms with E-state index in [2.05, 4.69) is 24.5 Å². The van der Waals surface area contributed by atoms with Gasteiger partial charge in [-0.1, -0.05) is 13.8 Å². The van der Waals surface area contributed by atoms with Crippen LogP contribution in [0.1, 0.15) is 33.1 Å². The summed E-state index contributed by atoms with van der Waals surface area (Å²) in [7, 11) is 0. The fourth-order valence-electron chi connectivity index (χ4n) is 2.93. The Morgan fingerprint density at radius 1 is 1.05 bits per heavy atom. The molecule has 0 radical (unpaired) electrons. The summed E-state index contributed by atoms with van der Waals surface area (Å²) < 4.78 is 10.5. The molecule has 0 saturated carbocycles. The van der Waals surface area contributed by atoms with Crippen LogP contribution in [0.5, 0.6) is 0 Å². The molecule has 0 unspecified atom stereocenters. The SMILES string of the molecule is CC(C)C[C@H](CNC(=O)[C@@H]1CCOC1)NC(=O)[C@H]1CCOC1. The number of hydrogen-bond donors (Lipinski definition) is 2. The summed E-state index contributed by atoms with van der Waals surface area (Å²) in [6, 6.07) is -0.0284. The maximum Gasteiger partial charge on any atom is 0.225 e. The highest BCUT2D eigenvalue weighted by molar-refractivity contribution is 5.80. The predicted octanol–water partition coefficient (Wildman–Crippen LogP) is 0.707. The third kappa shape index (κ3) is 5.25. The van der Waals surface area contributed by atoms with Gasteiger partial charge in [-0.2, -0.15) is 0 Å². The average Bonchev–Trinajstić information content (AvgIpc) is 3.15. The van der Waals surface area contributed by atoms with Crippen molar-refractivity contribution in [3.63, 3.8) is 0 Å². The van der Waals surface area contributed by atoms with Gasteiger partial charge in [-0.25, -0.2) is 0 Å². The molecular formula is C16H28N2O4. The lowest BCUT2D eigenvalue weighted by atomic mass is 10.0. The summed E-state index contributed by atoms with van der Waals surface area (Å²) in [4.78, 5) is 24.3. The smallest absolute Gasteiger partial charge is 0.225 e. The summed E-state index contributed by atoms with van der Waals surface area (Å²) in [5.41, 5.74) is 0. The van der Waals surface area contributed by atoms with E-state index in [-0.39, 0.29) is 29.7 Å². The summed E-state index contributed by atoms with van der Waals surface area (Å²) in [5.74, 6) is 0.440. The molecule has 2 aliphatic rings. The number of amides is 2. The van der Waals surface area contributed by atoms with Crippen molar-refractivity contribution in [1.29, 1.82) is 0 Å². The second kappa shape index (κ2) is 8.48. The second-order valence-electron chi connectivity index (χ2n) is 6.70. The first kappa shape index (κ1) is 17.2. The molecule has 2 saturated heterocycles. The summed E-state index contributed by atoms with van der Waals surface area (Å²) in [6.45, 7) is 7.04. The van der Waals surface area contributed by atoms with Gasteiger partial charge in [-0.05, 0) is 25.2 Å². The van der Waals surface area contributed by atoms with E-state index in [1.807, 2.05) is 0 Å². The quantitative estimate of drug-likeness (QED) is 0.726. The Morgan fingerprint density at radius 3 is 2.14 bits per heavy atom. The fourth-order valence-corrected chi connectivity index (χ4v) is 2.93. The molecule has 2 aliphatic heterocycles. The molecule has 2 fully saturated rings. The van der Waals surface area contributed by atoms with Crippen LogP contribution in [0.2, 0.25) is 0 Å². The largest absolute Gasteiger partial charge is 0.381 e. The second-order valence-corrected chi connectivity index (χ2v) is 6.70. The number of rotatable bonds is 7. The molecular weight excluding hydrogens is 284 g/mol.